The molecule has 0 aliphatic carbocycles. The van der Waals surface area contributed by atoms with Gasteiger partial charge in [0.15, 0.2) is 28.9 Å². The Balaban J connectivity index is 1.42. The lowest BCUT2D eigenvalue weighted by molar-refractivity contribution is 0.102. The molecular formula is C30H24F2N4O5. The van der Waals surface area contributed by atoms with Crippen molar-refractivity contribution in [3.05, 3.63) is 89.5 Å². The number of carbonyl (C=O) groups is 1. The first-order chi connectivity index (χ1) is 19.7. The summed E-state index contributed by atoms with van der Waals surface area (Å²) < 4.78 is 45.0. The number of aromatic hydroxyl groups is 1. The number of carbonyl (C=O) groups excluding carboxylic acids is 1. The minimum absolute atomic E-state index is 0.0269. The van der Waals surface area contributed by atoms with Gasteiger partial charge in [-0.3, -0.25) is 14.8 Å². The second-order valence-corrected chi connectivity index (χ2v) is 8.98. The fourth-order valence-electron chi connectivity index (χ4n) is 4.42. The highest BCUT2D eigenvalue weighted by Crippen LogP contribution is 2.38. The van der Waals surface area contributed by atoms with Crippen LogP contribution in [0, 0.1) is 25.5 Å². The Kier molecular flexibility index (Phi) is 7.34. The molecule has 208 valence electrons. The van der Waals surface area contributed by atoms with Crippen molar-refractivity contribution in [2.45, 2.75) is 13.8 Å². The summed E-state index contributed by atoms with van der Waals surface area (Å²) in [5.41, 5.74) is 2.25. The maximum atomic E-state index is 15.1. The van der Waals surface area contributed by atoms with Crippen LogP contribution < -0.4 is 19.5 Å². The van der Waals surface area contributed by atoms with Crippen molar-refractivity contribution < 1.29 is 32.9 Å². The third kappa shape index (κ3) is 5.29. The Bertz CT molecular complexity index is 1810. The highest BCUT2D eigenvalue weighted by atomic mass is 19.1. The molecule has 0 unspecified atom stereocenters. The molecule has 3 heterocycles. The van der Waals surface area contributed by atoms with E-state index in [1.54, 1.807) is 26.0 Å². The number of ether oxygens (including phenoxy) is 3. The molecule has 0 atom stereocenters. The summed E-state index contributed by atoms with van der Waals surface area (Å²) in [5.74, 6) is -1.72. The van der Waals surface area contributed by atoms with Gasteiger partial charge in [-0.15, -0.1) is 0 Å². The average Bonchev–Trinajstić information content (AvgIpc) is 2.94. The van der Waals surface area contributed by atoms with Gasteiger partial charge in [0, 0.05) is 41.3 Å². The maximum absolute atomic E-state index is 15.1. The lowest BCUT2D eigenvalue weighted by Gasteiger charge is -2.16. The molecule has 11 heteroatoms. The van der Waals surface area contributed by atoms with E-state index in [1.807, 2.05) is 0 Å². The summed E-state index contributed by atoms with van der Waals surface area (Å²) in [6.45, 7) is 3.22. The number of methoxy groups -OCH3 is 2. The van der Waals surface area contributed by atoms with Gasteiger partial charge in [0.05, 0.1) is 31.6 Å². The molecule has 9 nitrogen and oxygen atoms in total. The lowest BCUT2D eigenvalue weighted by atomic mass is 9.98. The van der Waals surface area contributed by atoms with Crippen molar-refractivity contribution in [2.24, 2.45) is 0 Å². The molecule has 2 N–H and O–H groups in total. The van der Waals surface area contributed by atoms with Gasteiger partial charge in [-0.05, 0) is 43.7 Å². The topological polar surface area (TPSA) is 116 Å². The van der Waals surface area contributed by atoms with Crippen molar-refractivity contribution in [2.75, 3.05) is 19.5 Å². The van der Waals surface area contributed by atoms with Crippen molar-refractivity contribution in [1.29, 1.82) is 0 Å². The number of aromatic nitrogens is 3. The van der Waals surface area contributed by atoms with Gasteiger partial charge in [0.2, 0.25) is 0 Å². The van der Waals surface area contributed by atoms with Gasteiger partial charge < -0.3 is 24.6 Å². The molecule has 5 aromatic rings. The average molecular weight is 559 g/mol. The molecule has 0 aliphatic rings. The highest BCUT2D eigenvalue weighted by Gasteiger charge is 2.23. The number of amides is 1. The standard InChI is InChI=1S/C30H24F2N4O5/c1-15-26(17-5-7-20(31)25(11-17)40-4)29(37)27(16(2)35-15)30(38)36-18-6-8-23(21(32)12-18)41-24-9-10-33-22-13-19(39-3)14-34-28(22)24/h5-14H,1-4H3,(H,35,37)(H,36,38). The fourth-order valence-corrected chi connectivity index (χ4v) is 4.42. The quantitative estimate of drug-likeness (QED) is 0.237. The second-order valence-electron chi connectivity index (χ2n) is 8.98. The number of pyridine rings is 3. The molecule has 0 aliphatic heterocycles. The number of benzene rings is 2. The summed E-state index contributed by atoms with van der Waals surface area (Å²) in [4.78, 5) is 26.2. The van der Waals surface area contributed by atoms with Crippen LogP contribution in [0.4, 0.5) is 14.5 Å². The Morgan fingerprint density at radius 3 is 2.41 bits per heavy atom. The molecule has 3 aromatic heterocycles. The van der Waals surface area contributed by atoms with Crippen molar-refractivity contribution >= 4 is 22.6 Å². The van der Waals surface area contributed by atoms with Gasteiger partial charge in [-0.25, -0.2) is 13.8 Å². The number of nitrogens with one attached hydrogen (secondary N) is 1. The van der Waals surface area contributed by atoms with Crippen LogP contribution in [0.2, 0.25) is 0 Å². The van der Waals surface area contributed by atoms with Crippen LogP contribution in [0.1, 0.15) is 21.7 Å². The van der Waals surface area contributed by atoms with Crippen LogP contribution in [-0.2, 0) is 0 Å². The van der Waals surface area contributed by atoms with Crippen LogP contribution in [0.25, 0.3) is 22.2 Å². The summed E-state index contributed by atoms with van der Waals surface area (Å²) in [7, 11) is 2.84. The predicted octanol–water partition coefficient (Wildman–Crippen LogP) is 6.35. The predicted molar refractivity (Wildman–Crippen MR) is 148 cm³/mol. The van der Waals surface area contributed by atoms with Crippen LogP contribution in [0.15, 0.2) is 60.9 Å². The first kappa shape index (κ1) is 27.3. The monoisotopic (exact) mass is 558 g/mol. The van der Waals surface area contributed by atoms with Crippen LogP contribution in [-0.4, -0.2) is 40.2 Å². The van der Waals surface area contributed by atoms with Crippen molar-refractivity contribution in [1.82, 2.24) is 15.0 Å². The number of aryl methyl sites for hydroxylation is 2. The third-order valence-corrected chi connectivity index (χ3v) is 6.36. The zero-order valence-electron chi connectivity index (χ0n) is 22.5. The first-order valence-corrected chi connectivity index (χ1v) is 12.3. The molecule has 2 aromatic carbocycles. The third-order valence-electron chi connectivity index (χ3n) is 6.36. The summed E-state index contributed by atoms with van der Waals surface area (Å²) in [6, 6.07) is 11.2. The van der Waals surface area contributed by atoms with Gasteiger partial charge in [0.25, 0.3) is 5.91 Å². The van der Waals surface area contributed by atoms with E-state index in [4.69, 9.17) is 14.2 Å². The van der Waals surface area contributed by atoms with E-state index >= 15 is 4.39 Å². The Labute approximate surface area is 233 Å². The van der Waals surface area contributed by atoms with Crippen molar-refractivity contribution in [3.63, 3.8) is 0 Å². The Morgan fingerprint density at radius 1 is 0.878 bits per heavy atom. The summed E-state index contributed by atoms with van der Waals surface area (Å²) >= 11 is 0. The van der Waals surface area contributed by atoms with Gasteiger partial charge in [-0.2, -0.15) is 0 Å². The molecule has 41 heavy (non-hydrogen) atoms. The molecule has 0 bridgehead atoms. The lowest BCUT2D eigenvalue weighted by Crippen LogP contribution is -2.15. The van der Waals surface area contributed by atoms with Crippen LogP contribution >= 0.6 is 0 Å². The first-order valence-electron chi connectivity index (χ1n) is 12.3. The number of hydrogen-bond acceptors (Lipinski definition) is 8. The number of rotatable bonds is 7. The fraction of sp³-hybridized carbons (Fsp3) is 0.133. The minimum atomic E-state index is -0.747. The van der Waals surface area contributed by atoms with E-state index in [2.05, 4.69) is 20.3 Å². The Hall–Kier alpha value is -5.32. The highest BCUT2D eigenvalue weighted by molar-refractivity contribution is 6.08. The zero-order chi connectivity index (χ0) is 29.3. The molecule has 1 amide bonds. The molecule has 0 fully saturated rings. The minimum Gasteiger partial charge on any atom is -0.506 e. The second kappa shape index (κ2) is 11.0. The molecule has 0 radical (unpaired) electrons. The summed E-state index contributed by atoms with van der Waals surface area (Å²) in [5, 5.41) is 13.7. The van der Waals surface area contributed by atoms with Gasteiger partial charge in [0.1, 0.15) is 22.6 Å². The van der Waals surface area contributed by atoms with Crippen molar-refractivity contribution in [3.8, 4) is 39.9 Å². The summed E-state index contributed by atoms with van der Waals surface area (Å²) in [6.07, 6.45) is 3.01. The number of nitrogens with zero attached hydrogens (tertiary/aromatic N) is 3. The largest absolute Gasteiger partial charge is 0.506 e. The molecule has 0 spiro atoms. The zero-order valence-corrected chi connectivity index (χ0v) is 22.5. The van der Waals surface area contributed by atoms with E-state index in [0.29, 0.717) is 28.0 Å². The molecular weight excluding hydrogens is 534 g/mol. The van der Waals surface area contributed by atoms with E-state index in [1.165, 1.54) is 56.9 Å². The van der Waals surface area contributed by atoms with E-state index < -0.39 is 17.5 Å². The smallest absolute Gasteiger partial charge is 0.261 e. The van der Waals surface area contributed by atoms with E-state index in [0.717, 1.165) is 6.07 Å². The normalized spacial score (nSPS) is 10.9. The Morgan fingerprint density at radius 2 is 1.68 bits per heavy atom. The van der Waals surface area contributed by atoms with Gasteiger partial charge >= 0.3 is 0 Å². The molecule has 5 rings (SSSR count). The van der Waals surface area contributed by atoms with E-state index in [-0.39, 0.29) is 45.5 Å². The maximum Gasteiger partial charge on any atom is 0.261 e. The van der Waals surface area contributed by atoms with Crippen LogP contribution in [0.5, 0.6) is 28.7 Å². The number of hydrogen-bond donors (Lipinski definition) is 2. The number of anilines is 1. The molecule has 0 saturated heterocycles. The molecule has 0 saturated carbocycles. The SMILES string of the molecule is COc1cnc2c(Oc3ccc(NC(=O)c4c(C)nc(C)c(-c5ccc(F)c(OC)c5)c4O)cc3F)ccnc2c1. The van der Waals surface area contributed by atoms with Crippen LogP contribution in [0.3, 0.4) is 0 Å². The van der Waals surface area contributed by atoms with E-state index in [9.17, 15) is 14.3 Å². The van der Waals surface area contributed by atoms with Gasteiger partial charge in [-0.1, -0.05) is 6.07 Å². The number of halogens is 2. The number of fused-ring (bicyclic) bond motifs is 1.